The van der Waals surface area contributed by atoms with E-state index < -0.39 is 11.7 Å². The lowest BCUT2D eigenvalue weighted by Gasteiger charge is -2.39. The summed E-state index contributed by atoms with van der Waals surface area (Å²) < 4.78 is 18.4. The van der Waals surface area contributed by atoms with Gasteiger partial charge in [-0.05, 0) is 116 Å². The van der Waals surface area contributed by atoms with Gasteiger partial charge in [-0.25, -0.2) is 4.98 Å². The van der Waals surface area contributed by atoms with Crippen molar-refractivity contribution in [2.75, 3.05) is 63.1 Å². The Morgan fingerprint density at radius 3 is 2.46 bits per heavy atom. The van der Waals surface area contributed by atoms with Crippen molar-refractivity contribution in [3.63, 3.8) is 0 Å². The molecule has 1 spiro atoms. The zero-order chi connectivity index (χ0) is 50.5. The van der Waals surface area contributed by atoms with E-state index in [2.05, 4.69) is 76.6 Å². The van der Waals surface area contributed by atoms with Crippen LogP contribution < -0.4 is 36.1 Å². The van der Waals surface area contributed by atoms with Gasteiger partial charge in [0.1, 0.15) is 9.71 Å². The van der Waals surface area contributed by atoms with Gasteiger partial charge in [0.2, 0.25) is 11.8 Å². The fourth-order valence-corrected chi connectivity index (χ4v) is 11.8. The highest BCUT2D eigenvalue weighted by molar-refractivity contribution is 7.21. The number of piperidine rings is 2. The van der Waals surface area contributed by atoms with E-state index in [1.807, 2.05) is 48.2 Å². The first-order valence-corrected chi connectivity index (χ1v) is 26.5. The van der Waals surface area contributed by atoms with Crippen molar-refractivity contribution < 1.29 is 33.4 Å². The molecule has 5 heterocycles. The number of aromatic nitrogens is 1. The summed E-state index contributed by atoms with van der Waals surface area (Å²) in [5.41, 5.74) is 13.1. The van der Waals surface area contributed by atoms with Crippen molar-refractivity contribution in [1.82, 2.24) is 25.8 Å². The second-order valence-electron chi connectivity index (χ2n) is 19.8. The number of halogens is 1. The highest BCUT2D eigenvalue weighted by Gasteiger charge is 2.46. The molecule has 3 aliphatic heterocycles. The number of benzene rings is 3. The summed E-state index contributed by atoms with van der Waals surface area (Å²) in [6.07, 6.45) is 5.19. The number of anilines is 2. The van der Waals surface area contributed by atoms with E-state index in [9.17, 15) is 19.2 Å². The maximum Gasteiger partial charge on any atom is 0.296 e. The van der Waals surface area contributed by atoms with E-state index >= 15 is 0 Å². The van der Waals surface area contributed by atoms with Gasteiger partial charge >= 0.3 is 0 Å². The van der Waals surface area contributed by atoms with E-state index in [0.717, 1.165) is 66.7 Å². The number of nitrogens with one attached hydrogen (secondary N) is 3. The molecule has 1 aliphatic carbocycles. The fourth-order valence-electron chi connectivity index (χ4n) is 10.6. The molecule has 4 amide bonds. The molecule has 2 aromatic heterocycles. The van der Waals surface area contributed by atoms with E-state index in [0.29, 0.717) is 71.7 Å². The lowest BCUT2D eigenvalue weighted by atomic mass is 9.82. The van der Waals surface area contributed by atoms with Crippen LogP contribution >= 0.6 is 22.9 Å². The fraction of sp³-hybridized carbons (Fsp3) is 0.446. The topological polar surface area (TPSA) is 177 Å². The van der Waals surface area contributed by atoms with Crippen LogP contribution in [0.5, 0.6) is 11.5 Å². The first-order valence-electron chi connectivity index (χ1n) is 25.3. The average molecular weight is 1010 g/mol. The number of hydrogen-bond donors (Lipinski definition) is 4. The van der Waals surface area contributed by atoms with Gasteiger partial charge in [0.05, 0.1) is 24.8 Å². The second-order valence-corrected chi connectivity index (χ2v) is 21.2. The summed E-state index contributed by atoms with van der Waals surface area (Å²) in [4.78, 5) is 63.1. The molecule has 378 valence electrons. The number of nitrogens with two attached hydrogens (primary N) is 1. The Morgan fingerprint density at radius 2 is 1.69 bits per heavy atom. The summed E-state index contributed by atoms with van der Waals surface area (Å²) >= 11 is 7.46. The van der Waals surface area contributed by atoms with Crippen LogP contribution in [0.15, 0.2) is 72.8 Å². The van der Waals surface area contributed by atoms with Crippen LogP contribution in [0.4, 0.5) is 11.4 Å². The highest BCUT2D eigenvalue weighted by Crippen LogP contribution is 2.45. The SMILES string of the molecule is CC[C@@H]1CN(c2ccc3c(c2)CC[C@H](NC(=O)c2sc4nc(C)ccc4c2N)C3)CCC1C(=O)NCCOCCNC(=O)C#Cc1ccc2c(c1)OC1(CCN(C(=O)[C@H](c3ccc(Cl)cc3)C(C)C)CC1)O2. The van der Waals surface area contributed by atoms with Gasteiger partial charge in [0.15, 0.2) is 11.5 Å². The summed E-state index contributed by atoms with van der Waals surface area (Å²) in [5.74, 6) is 5.45. The van der Waals surface area contributed by atoms with Gasteiger partial charge in [-0.2, -0.15) is 0 Å². The standard InChI is InChI=1S/C56H64ClN7O7S/c1-5-37-33-64(43-16-12-39-31-42(15-11-40(39)32-43)62-53(67)51-50(58)45-17-6-35(4)61-54(45)72-51)25-20-44(37)52(66)60-24-29-69-28-23-59-48(65)19-8-36-7-18-46-47(30-36)71-56(70-46)21-26-63(27-22-56)55(68)49(34(2)3)38-9-13-41(57)14-10-38/h6-7,9-10,12-14,16-18,30,32,34,37,42,44,49H,5,11,15,20-29,31,33,58H2,1-4H3,(H,59,65)(H,60,66)(H,62,67)/t37-,42+,44?,49+/m1/s1. The number of ether oxygens (including phenoxy) is 3. The molecule has 16 heteroatoms. The van der Waals surface area contributed by atoms with Crippen LogP contribution in [0, 0.1) is 36.5 Å². The zero-order valence-corrected chi connectivity index (χ0v) is 43.1. The van der Waals surface area contributed by atoms with E-state index in [1.165, 1.54) is 28.2 Å². The third-order valence-corrected chi connectivity index (χ3v) is 16.0. The summed E-state index contributed by atoms with van der Waals surface area (Å²) in [6, 6.07) is 23.4. The molecule has 0 radical (unpaired) electrons. The number of carbonyl (C=O) groups excluding carboxylic acids is 4. The summed E-state index contributed by atoms with van der Waals surface area (Å²) in [6.45, 7) is 12.1. The van der Waals surface area contributed by atoms with Crippen LogP contribution in [0.2, 0.25) is 5.02 Å². The monoisotopic (exact) mass is 1010 g/mol. The van der Waals surface area contributed by atoms with Crippen molar-refractivity contribution in [1.29, 1.82) is 0 Å². The van der Waals surface area contributed by atoms with Crippen molar-refractivity contribution in [2.24, 2.45) is 17.8 Å². The van der Waals surface area contributed by atoms with Gasteiger partial charge in [0.25, 0.3) is 17.6 Å². The number of nitrogens with zero attached hydrogens (tertiary/aromatic N) is 3. The average Bonchev–Trinajstić information content (AvgIpc) is 3.90. The quantitative estimate of drug-likeness (QED) is 0.0634. The normalized spacial score (nSPS) is 19.3. The van der Waals surface area contributed by atoms with Crippen molar-refractivity contribution in [3.05, 3.63) is 111 Å². The van der Waals surface area contributed by atoms with Crippen LogP contribution in [0.1, 0.15) is 96.4 Å². The number of fused-ring (bicyclic) bond motifs is 3. The minimum Gasteiger partial charge on any atom is -0.448 e. The lowest BCUT2D eigenvalue weighted by molar-refractivity contribution is -0.148. The number of rotatable bonds is 14. The molecule has 4 aliphatic rings. The molecular weight excluding hydrogens is 950 g/mol. The minimum atomic E-state index is -0.855. The molecule has 0 bridgehead atoms. The van der Waals surface area contributed by atoms with Gasteiger partial charge in [-0.15, -0.1) is 11.3 Å². The smallest absolute Gasteiger partial charge is 0.296 e. The molecule has 1 unspecified atom stereocenters. The third-order valence-electron chi connectivity index (χ3n) is 14.6. The van der Waals surface area contributed by atoms with Crippen LogP contribution in [0.25, 0.3) is 10.2 Å². The highest BCUT2D eigenvalue weighted by atomic mass is 35.5. The number of pyridine rings is 1. The van der Waals surface area contributed by atoms with Crippen LogP contribution in [-0.4, -0.2) is 97.8 Å². The number of nitrogen functional groups attached to an aromatic ring is 1. The maximum absolute atomic E-state index is 13.7. The van der Waals surface area contributed by atoms with Crippen LogP contribution in [0.3, 0.4) is 0 Å². The molecule has 2 saturated heterocycles. The third kappa shape index (κ3) is 11.5. The molecular formula is C56H64ClN7O7S. The first-order chi connectivity index (χ1) is 34.8. The molecule has 14 nitrogen and oxygen atoms in total. The number of aryl methyl sites for hydroxylation is 2. The second kappa shape index (κ2) is 22.2. The number of carbonyl (C=O) groups is 4. The first kappa shape index (κ1) is 50.6. The zero-order valence-electron chi connectivity index (χ0n) is 41.5. The molecule has 72 heavy (non-hydrogen) atoms. The minimum absolute atomic E-state index is 0.0267. The predicted octanol–water partition coefficient (Wildman–Crippen LogP) is 7.81. The van der Waals surface area contributed by atoms with E-state index in [1.54, 1.807) is 18.2 Å². The number of hydrogen-bond acceptors (Lipinski definition) is 11. The van der Waals surface area contributed by atoms with Gasteiger partial charge in [-0.1, -0.05) is 62.9 Å². The Balaban J connectivity index is 0.658. The number of amides is 4. The van der Waals surface area contributed by atoms with E-state index in [-0.39, 0.29) is 60.6 Å². The molecule has 2 fully saturated rings. The summed E-state index contributed by atoms with van der Waals surface area (Å²) in [7, 11) is 0. The van der Waals surface area contributed by atoms with Crippen molar-refractivity contribution in [3.8, 4) is 23.3 Å². The van der Waals surface area contributed by atoms with Crippen molar-refractivity contribution >= 4 is 68.2 Å². The molecule has 4 atom stereocenters. The van der Waals surface area contributed by atoms with Gasteiger partial charge in [0, 0.05) is 97.3 Å². The van der Waals surface area contributed by atoms with Gasteiger partial charge < -0.3 is 45.7 Å². The van der Waals surface area contributed by atoms with E-state index in [4.69, 9.17) is 31.5 Å². The van der Waals surface area contributed by atoms with Crippen LogP contribution in [-0.2, 0) is 32.0 Å². The maximum atomic E-state index is 13.7. The molecule has 3 aromatic carbocycles. The Labute approximate surface area is 430 Å². The van der Waals surface area contributed by atoms with Gasteiger partial charge in [-0.3, -0.25) is 19.2 Å². The molecule has 5 N–H and O–H groups in total. The number of likely N-dealkylation sites (tertiary alicyclic amines) is 1. The van der Waals surface area contributed by atoms with Crippen molar-refractivity contribution in [2.45, 2.75) is 90.4 Å². The Bertz CT molecular complexity index is 2890. The Kier molecular flexibility index (Phi) is 15.6. The Hall–Kier alpha value is -6.34. The lowest BCUT2D eigenvalue weighted by Crippen LogP contribution is -2.52. The molecule has 9 rings (SSSR count). The Morgan fingerprint density at radius 1 is 0.931 bits per heavy atom. The largest absolute Gasteiger partial charge is 0.448 e. The predicted molar refractivity (Wildman–Crippen MR) is 282 cm³/mol. The summed E-state index contributed by atoms with van der Waals surface area (Å²) in [5, 5.41) is 10.5. The molecule has 5 aromatic rings. The molecule has 0 saturated carbocycles. The number of thiophene rings is 1.